The lowest BCUT2D eigenvalue weighted by Gasteiger charge is -2.39. The smallest absolute Gasteiger partial charge is 0.319 e. The number of amides is 4. The molecule has 11 heteroatoms. The van der Waals surface area contributed by atoms with E-state index in [1.165, 1.54) is 5.56 Å². The summed E-state index contributed by atoms with van der Waals surface area (Å²) < 4.78 is 0. The number of nitrogens with two attached hydrogens (primary N) is 1. The number of anilines is 3. The van der Waals surface area contributed by atoms with Crippen LogP contribution in [0.15, 0.2) is 30.5 Å². The van der Waals surface area contributed by atoms with Crippen molar-refractivity contribution in [3.8, 4) is 0 Å². The number of primary amides is 1. The Balaban J connectivity index is 1.46. The lowest BCUT2D eigenvalue weighted by molar-refractivity contribution is -0.131. The molecule has 3 heterocycles. The molecule has 2 aliphatic heterocycles. The summed E-state index contributed by atoms with van der Waals surface area (Å²) in [6, 6.07) is 8.11. The van der Waals surface area contributed by atoms with E-state index >= 15 is 0 Å². The number of likely N-dealkylation sites (N-methyl/N-ethyl adjacent to an activating group) is 1. The number of rotatable bonds is 7. The number of urea groups is 1. The van der Waals surface area contributed by atoms with Gasteiger partial charge in [-0.3, -0.25) is 9.59 Å². The number of hydrogen-bond donors (Lipinski definition) is 2. The standard InChI is InChI=1S/C28H40N8O3/c1-5-24(37)35-15-12-20(13-16-35)19-8-10-21(11-9-19)31-27-25(26(29)38)30-17-23(32-27)36-14-6-7-22(18-36)34(4)28(39)33(2)3/h8-11,17,20,22H,5-7,12-16,18H2,1-4H3,(H2,29,38)(H,31,32). The second kappa shape index (κ2) is 12.3. The largest absolute Gasteiger partial charge is 0.364 e. The average Bonchev–Trinajstić information content (AvgIpc) is 2.96. The number of piperidine rings is 2. The zero-order chi connectivity index (χ0) is 28.1. The van der Waals surface area contributed by atoms with Crippen molar-refractivity contribution in [3.63, 3.8) is 0 Å². The van der Waals surface area contributed by atoms with Crippen molar-refractivity contribution >= 4 is 35.2 Å². The SMILES string of the molecule is CCC(=O)N1CCC(c2ccc(Nc3nc(N4CCCC(N(C)C(=O)N(C)C)C4)cnc3C(N)=O)cc2)CC1. The molecule has 0 spiro atoms. The van der Waals surface area contributed by atoms with E-state index in [0.29, 0.717) is 30.5 Å². The first-order chi connectivity index (χ1) is 18.7. The summed E-state index contributed by atoms with van der Waals surface area (Å²) in [5.74, 6) is 0.904. The molecule has 1 aromatic carbocycles. The zero-order valence-electron chi connectivity index (χ0n) is 23.4. The first kappa shape index (κ1) is 28.1. The fourth-order valence-electron chi connectivity index (χ4n) is 5.41. The molecule has 2 aromatic rings. The molecule has 2 saturated heterocycles. The van der Waals surface area contributed by atoms with E-state index in [1.807, 2.05) is 31.0 Å². The van der Waals surface area contributed by atoms with E-state index in [2.05, 4.69) is 27.3 Å². The maximum atomic E-state index is 12.5. The molecule has 210 valence electrons. The van der Waals surface area contributed by atoms with Gasteiger partial charge in [-0.05, 0) is 49.3 Å². The van der Waals surface area contributed by atoms with Gasteiger partial charge in [-0.15, -0.1) is 0 Å². The van der Waals surface area contributed by atoms with Crippen LogP contribution in [0.5, 0.6) is 0 Å². The van der Waals surface area contributed by atoms with E-state index in [-0.39, 0.29) is 23.7 Å². The van der Waals surface area contributed by atoms with Crippen molar-refractivity contribution < 1.29 is 14.4 Å². The van der Waals surface area contributed by atoms with Crippen molar-refractivity contribution in [1.29, 1.82) is 0 Å². The van der Waals surface area contributed by atoms with Crippen molar-refractivity contribution in [3.05, 3.63) is 41.7 Å². The van der Waals surface area contributed by atoms with Gasteiger partial charge in [0, 0.05) is 59.4 Å². The number of hydrogen-bond acceptors (Lipinski definition) is 7. The number of carbonyl (C=O) groups is 3. The Morgan fingerprint density at radius 3 is 2.36 bits per heavy atom. The van der Waals surface area contributed by atoms with Crippen LogP contribution in [0.25, 0.3) is 0 Å². The Morgan fingerprint density at radius 1 is 1.05 bits per heavy atom. The summed E-state index contributed by atoms with van der Waals surface area (Å²) in [4.78, 5) is 53.0. The van der Waals surface area contributed by atoms with E-state index in [0.717, 1.165) is 51.0 Å². The van der Waals surface area contributed by atoms with Crippen LogP contribution < -0.4 is 16.0 Å². The zero-order valence-corrected chi connectivity index (χ0v) is 23.4. The summed E-state index contributed by atoms with van der Waals surface area (Å²) in [7, 11) is 5.32. The highest BCUT2D eigenvalue weighted by Gasteiger charge is 2.28. The molecule has 1 unspecified atom stereocenters. The van der Waals surface area contributed by atoms with Gasteiger partial charge in [0.05, 0.1) is 12.2 Å². The van der Waals surface area contributed by atoms with Crippen LogP contribution >= 0.6 is 0 Å². The van der Waals surface area contributed by atoms with Gasteiger partial charge in [0.2, 0.25) is 5.91 Å². The minimum absolute atomic E-state index is 0.0391. The number of carbonyl (C=O) groups excluding carboxylic acids is 3. The molecule has 0 aliphatic carbocycles. The lowest BCUT2D eigenvalue weighted by atomic mass is 9.89. The van der Waals surface area contributed by atoms with Gasteiger partial charge in [0.25, 0.3) is 5.91 Å². The second-order valence-corrected chi connectivity index (χ2v) is 10.6. The Bertz CT molecular complexity index is 1180. The van der Waals surface area contributed by atoms with Crippen LogP contribution in [0, 0.1) is 0 Å². The second-order valence-electron chi connectivity index (χ2n) is 10.6. The third kappa shape index (κ3) is 6.58. The molecule has 3 N–H and O–H groups in total. The molecule has 4 amide bonds. The Kier molecular flexibility index (Phi) is 8.88. The van der Waals surface area contributed by atoms with Crippen LogP contribution in [0.2, 0.25) is 0 Å². The number of benzene rings is 1. The topological polar surface area (TPSA) is 128 Å². The van der Waals surface area contributed by atoms with E-state index in [9.17, 15) is 14.4 Å². The van der Waals surface area contributed by atoms with Gasteiger partial charge in [-0.1, -0.05) is 19.1 Å². The molecule has 4 rings (SSSR count). The summed E-state index contributed by atoms with van der Waals surface area (Å²) in [5.41, 5.74) is 7.69. The van der Waals surface area contributed by atoms with Gasteiger partial charge < -0.3 is 30.7 Å². The Labute approximate surface area is 230 Å². The van der Waals surface area contributed by atoms with Gasteiger partial charge in [-0.2, -0.15) is 0 Å². The maximum absolute atomic E-state index is 12.5. The van der Waals surface area contributed by atoms with Crippen molar-refractivity contribution in [2.75, 3.05) is 57.5 Å². The first-order valence-electron chi connectivity index (χ1n) is 13.7. The molecule has 11 nitrogen and oxygen atoms in total. The van der Waals surface area contributed by atoms with E-state index < -0.39 is 5.91 Å². The highest BCUT2D eigenvalue weighted by atomic mass is 16.2. The first-order valence-corrected chi connectivity index (χ1v) is 13.7. The summed E-state index contributed by atoms with van der Waals surface area (Å²) in [5, 5.41) is 3.24. The van der Waals surface area contributed by atoms with Crippen molar-refractivity contribution in [2.45, 2.75) is 51.0 Å². The molecule has 0 radical (unpaired) electrons. The highest BCUT2D eigenvalue weighted by Crippen LogP contribution is 2.30. The third-order valence-corrected chi connectivity index (χ3v) is 7.74. The molecule has 1 atom stereocenters. The van der Waals surface area contributed by atoms with Gasteiger partial charge in [-0.25, -0.2) is 14.8 Å². The maximum Gasteiger partial charge on any atom is 0.319 e. The molecule has 39 heavy (non-hydrogen) atoms. The predicted molar refractivity (Wildman–Crippen MR) is 151 cm³/mol. The van der Waals surface area contributed by atoms with E-state index in [1.54, 1.807) is 30.1 Å². The fraction of sp³-hybridized carbons (Fsp3) is 0.536. The molecule has 0 saturated carbocycles. The van der Waals surface area contributed by atoms with Crippen LogP contribution in [-0.4, -0.2) is 95.9 Å². The molecule has 2 aliphatic rings. The lowest BCUT2D eigenvalue weighted by Crippen LogP contribution is -2.51. The van der Waals surface area contributed by atoms with Crippen LogP contribution in [0.4, 0.5) is 22.1 Å². The molecule has 1 aromatic heterocycles. The van der Waals surface area contributed by atoms with Gasteiger partial charge in [0.1, 0.15) is 5.82 Å². The number of aromatic nitrogens is 2. The number of nitrogens with one attached hydrogen (secondary N) is 1. The minimum atomic E-state index is -0.658. The fourth-order valence-corrected chi connectivity index (χ4v) is 5.41. The molecule has 2 fully saturated rings. The predicted octanol–water partition coefficient (Wildman–Crippen LogP) is 3.02. The van der Waals surface area contributed by atoms with Crippen LogP contribution in [0.1, 0.15) is 61.0 Å². The van der Waals surface area contributed by atoms with Crippen molar-refractivity contribution in [1.82, 2.24) is 24.7 Å². The minimum Gasteiger partial charge on any atom is -0.364 e. The normalized spacial score (nSPS) is 18.0. The quantitative estimate of drug-likeness (QED) is 0.557. The molecular weight excluding hydrogens is 496 g/mol. The summed E-state index contributed by atoms with van der Waals surface area (Å²) in [6.45, 7) is 4.88. The highest BCUT2D eigenvalue weighted by molar-refractivity contribution is 5.96. The van der Waals surface area contributed by atoms with Crippen molar-refractivity contribution in [2.24, 2.45) is 5.73 Å². The van der Waals surface area contributed by atoms with Crippen LogP contribution in [0.3, 0.4) is 0 Å². The summed E-state index contributed by atoms with van der Waals surface area (Å²) >= 11 is 0. The number of nitrogens with zero attached hydrogens (tertiary/aromatic N) is 6. The molecular formula is C28H40N8O3. The van der Waals surface area contributed by atoms with Crippen LogP contribution in [-0.2, 0) is 4.79 Å². The Hall–Kier alpha value is -3.89. The third-order valence-electron chi connectivity index (χ3n) is 7.74. The average molecular weight is 537 g/mol. The number of likely N-dealkylation sites (tertiary alicyclic amines) is 1. The van der Waals surface area contributed by atoms with E-state index in [4.69, 9.17) is 10.7 Å². The van der Waals surface area contributed by atoms with Gasteiger partial charge in [0.15, 0.2) is 11.5 Å². The molecule has 0 bridgehead atoms. The summed E-state index contributed by atoms with van der Waals surface area (Å²) in [6.07, 6.45) is 5.83. The van der Waals surface area contributed by atoms with Gasteiger partial charge >= 0.3 is 6.03 Å². The monoisotopic (exact) mass is 536 g/mol. The Morgan fingerprint density at radius 2 is 1.74 bits per heavy atom.